The summed E-state index contributed by atoms with van der Waals surface area (Å²) in [5.41, 5.74) is 20.8. The van der Waals surface area contributed by atoms with Gasteiger partial charge in [0.25, 0.3) is 0 Å². The van der Waals surface area contributed by atoms with Crippen LogP contribution in [0, 0.1) is 6.92 Å². The van der Waals surface area contributed by atoms with Gasteiger partial charge in [0.1, 0.15) is 0 Å². The number of benzene rings is 4. The molecule has 0 fully saturated rings. The van der Waals surface area contributed by atoms with Crippen molar-refractivity contribution in [1.82, 2.24) is 20.2 Å². The van der Waals surface area contributed by atoms with Gasteiger partial charge < -0.3 is 27.0 Å². The molecule has 0 unspecified atom stereocenters. The Hall–Kier alpha value is -6.25. The van der Waals surface area contributed by atoms with Crippen LogP contribution in [-0.4, -0.2) is 47.6 Å². The van der Waals surface area contributed by atoms with Crippen molar-refractivity contribution in [2.75, 3.05) is 25.5 Å². The van der Waals surface area contributed by atoms with E-state index in [0.717, 1.165) is 78.3 Å². The minimum Gasteiger partial charge on any atom is -0.402 e. The number of likely N-dealkylation sites (N-methyl/N-ethyl adjacent to an activating group) is 1. The van der Waals surface area contributed by atoms with Crippen molar-refractivity contribution in [3.63, 3.8) is 0 Å². The summed E-state index contributed by atoms with van der Waals surface area (Å²) in [7, 11) is 2.18. The number of hydrogen-bond donors (Lipinski definition) is 4. The van der Waals surface area contributed by atoms with E-state index < -0.39 is 23.5 Å². The highest BCUT2D eigenvalue weighted by Crippen LogP contribution is 2.33. The second-order valence-electron chi connectivity index (χ2n) is 17.5. The highest BCUT2D eigenvalue weighted by molar-refractivity contribution is 5.54. The van der Waals surface area contributed by atoms with Crippen LogP contribution in [0.4, 0.5) is 38.0 Å². The van der Waals surface area contributed by atoms with Crippen LogP contribution in [0.5, 0.6) is 0 Å². The van der Waals surface area contributed by atoms with E-state index in [-0.39, 0.29) is 30.9 Å². The van der Waals surface area contributed by atoms with Crippen molar-refractivity contribution in [3.8, 4) is 0 Å². The molecule has 8 nitrogen and oxygen atoms in total. The molecule has 4 aromatic carbocycles. The van der Waals surface area contributed by atoms with E-state index >= 15 is 0 Å². The van der Waals surface area contributed by atoms with E-state index in [1.807, 2.05) is 107 Å². The number of primary amides is 1. The number of fused-ring (bicyclic) bond motifs is 1. The SMILES string of the molecule is C=C(C)C.C=C(N)Cc1ccccc1CCC/C(=C\C)C(F)(F)F.CC.CCCNCc1ccc(Nc2ncc(C(F)(F)F)c(CCc3ccccc3CC)n2)cc1.Cc1ccc2c(c1)CCN(C)C2.NC=O. The molecule has 73 heavy (non-hydrogen) atoms. The number of allylic oxidation sites excluding steroid dienone is 4. The molecule has 0 atom stereocenters. The zero-order valence-electron chi connectivity index (χ0n) is 44.7. The van der Waals surface area contributed by atoms with Crippen LogP contribution >= 0.6 is 0 Å². The quantitative estimate of drug-likeness (QED) is 0.0336. The number of hydrogen-bond acceptors (Lipinski definition) is 7. The number of rotatable bonds is 16. The molecule has 0 radical (unpaired) electrons. The minimum absolute atomic E-state index is 0.00120. The van der Waals surface area contributed by atoms with E-state index in [4.69, 9.17) is 10.5 Å². The number of nitrogens with two attached hydrogens (primary N) is 2. The molecule has 0 aliphatic carbocycles. The van der Waals surface area contributed by atoms with Gasteiger partial charge in [0.2, 0.25) is 12.4 Å². The summed E-state index contributed by atoms with van der Waals surface area (Å²) in [6, 6.07) is 30.0. The van der Waals surface area contributed by atoms with Crippen molar-refractivity contribution < 1.29 is 31.1 Å². The Labute approximate surface area is 432 Å². The topological polar surface area (TPSA) is 122 Å². The molecular weight excluding hydrogens is 937 g/mol. The Balaban J connectivity index is 0.000000550. The first-order valence-corrected chi connectivity index (χ1v) is 25.0. The Bertz CT molecular complexity index is 2410. The number of aryl methyl sites for hydroxylation is 5. The molecule has 6 N–H and O–H groups in total. The highest BCUT2D eigenvalue weighted by atomic mass is 19.4. The molecule has 0 saturated carbocycles. The third kappa shape index (κ3) is 26.3. The van der Waals surface area contributed by atoms with Gasteiger partial charge in [-0.25, -0.2) is 9.97 Å². The van der Waals surface area contributed by atoms with E-state index in [2.05, 4.69) is 83.5 Å². The number of aromatic nitrogens is 2. The minimum atomic E-state index is -4.49. The number of halogens is 6. The number of nitrogens with zero attached hydrogens (tertiary/aromatic N) is 3. The van der Waals surface area contributed by atoms with E-state index in [1.54, 1.807) is 5.56 Å². The average Bonchev–Trinajstić information content (AvgIpc) is 3.34. The predicted octanol–water partition coefficient (Wildman–Crippen LogP) is 14.3. The first kappa shape index (κ1) is 64.8. The number of carbonyl (C=O) groups excluding carboxylic acids is 1. The lowest BCUT2D eigenvalue weighted by molar-refractivity contribution is -0.138. The molecule has 0 bridgehead atoms. The third-order valence-corrected chi connectivity index (χ3v) is 11.0. The fraction of sp³-hybridized carbons (Fsp3) is 0.407. The van der Waals surface area contributed by atoms with Crippen LogP contribution in [0.3, 0.4) is 0 Å². The molecular formula is C59H81F6N7O. The van der Waals surface area contributed by atoms with Crippen LogP contribution in [0.15, 0.2) is 133 Å². The van der Waals surface area contributed by atoms with Crippen molar-refractivity contribution in [2.45, 2.75) is 139 Å². The molecule has 0 spiro atoms. The lowest BCUT2D eigenvalue weighted by atomic mass is 9.97. The lowest BCUT2D eigenvalue weighted by Crippen LogP contribution is -2.26. The Morgan fingerprint density at radius 2 is 1.41 bits per heavy atom. The maximum atomic E-state index is 13.5. The van der Waals surface area contributed by atoms with Crippen molar-refractivity contribution in [3.05, 3.63) is 189 Å². The van der Waals surface area contributed by atoms with Crippen molar-refractivity contribution in [2.24, 2.45) is 11.5 Å². The Morgan fingerprint density at radius 3 is 1.95 bits per heavy atom. The predicted molar refractivity (Wildman–Crippen MR) is 292 cm³/mol. The van der Waals surface area contributed by atoms with Gasteiger partial charge in [-0.1, -0.05) is 130 Å². The summed E-state index contributed by atoms with van der Waals surface area (Å²) in [5, 5.41) is 6.36. The summed E-state index contributed by atoms with van der Waals surface area (Å²) in [6.45, 7) is 27.0. The Morgan fingerprint density at radius 1 is 0.836 bits per heavy atom. The number of alkyl halides is 6. The summed E-state index contributed by atoms with van der Waals surface area (Å²) in [6.07, 6.45) is -0.978. The fourth-order valence-electron chi connectivity index (χ4n) is 7.51. The molecule has 5 aromatic rings. The smallest absolute Gasteiger partial charge is 0.402 e. The van der Waals surface area contributed by atoms with Gasteiger partial charge in [-0.2, -0.15) is 26.3 Å². The van der Waals surface area contributed by atoms with Gasteiger partial charge >= 0.3 is 12.4 Å². The maximum absolute atomic E-state index is 13.5. The van der Waals surface area contributed by atoms with Gasteiger partial charge in [-0.05, 0) is 144 Å². The fourth-order valence-corrected chi connectivity index (χ4v) is 7.51. The van der Waals surface area contributed by atoms with Crippen molar-refractivity contribution in [1.29, 1.82) is 0 Å². The maximum Gasteiger partial charge on any atom is 0.419 e. The summed E-state index contributed by atoms with van der Waals surface area (Å²) >= 11 is 0. The van der Waals surface area contributed by atoms with Gasteiger partial charge in [0, 0.05) is 49.2 Å². The van der Waals surface area contributed by atoms with Gasteiger partial charge in [0.05, 0.1) is 11.3 Å². The van der Waals surface area contributed by atoms with E-state index in [0.29, 0.717) is 31.4 Å². The van der Waals surface area contributed by atoms with Crippen LogP contribution in [0.2, 0.25) is 0 Å². The normalized spacial score (nSPS) is 12.0. The standard InChI is InChI=1S/C25H29F3N4.C16H20F3N.C11H15N.C4H8.C2H6.CH3NO/c1-3-15-29-16-18-9-12-21(13-10-18)31-24-30-17-22(25(26,27)28)23(32-24)14-11-20-8-6-5-7-19(20)4-2;1-3-15(16(17,18)19)10-6-9-13-7-4-5-8-14(13)11-12(2)20;1-9-3-4-11-8-12(2)6-5-10(11)7-9;1-4(2)3;1-2;2-1-3/h5-10,12-13,17,29H,3-4,11,14-16H2,1-2H3,(H,30,31,32);3-5,7-8H,2,6,9-11,20H2,1H3;3-4,7H,5-6,8H2,1-2H3;1H2,2-3H3;1-2H3;1H,(H2,2,3)/b;15-3+;;;;. The number of nitrogens with one attached hydrogen (secondary N) is 2. The Kier molecular flexibility index (Phi) is 31.0. The number of amides is 1. The highest BCUT2D eigenvalue weighted by Gasteiger charge is 2.35. The second-order valence-corrected chi connectivity index (χ2v) is 17.5. The van der Waals surface area contributed by atoms with Crippen LogP contribution in [-0.2, 0) is 62.6 Å². The molecule has 1 amide bonds. The zero-order valence-corrected chi connectivity index (χ0v) is 44.7. The van der Waals surface area contributed by atoms with E-state index in [1.165, 1.54) is 36.6 Å². The molecule has 14 heteroatoms. The van der Waals surface area contributed by atoms with Gasteiger partial charge in [0.15, 0.2) is 0 Å². The molecule has 1 aliphatic heterocycles. The first-order chi connectivity index (χ1) is 34.6. The molecule has 400 valence electrons. The summed E-state index contributed by atoms with van der Waals surface area (Å²) in [5.74, 6) is 0.161. The van der Waals surface area contributed by atoms with Crippen molar-refractivity contribution >= 4 is 18.0 Å². The second kappa shape index (κ2) is 35.0. The zero-order chi connectivity index (χ0) is 55.0. The monoisotopic (exact) mass is 1020 g/mol. The largest absolute Gasteiger partial charge is 0.419 e. The van der Waals surface area contributed by atoms with Gasteiger partial charge in [-0.15, -0.1) is 6.58 Å². The van der Waals surface area contributed by atoms with Crippen LogP contribution in [0.1, 0.15) is 123 Å². The summed E-state index contributed by atoms with van der Waals surface area (Å²) < 4.78 is 78.4. The summed E-state index contributed by atoms with van der Waals surface area (Å²) in [4.78, 5) is 19.1. The first-order valence-electron chi connectivity index (χ1n) is 25.0. The molecule has 1 aliphatic rings. The van der Waals surface area contributed by atoms with Crippen LogP contribution < -0.4 is 22.1 Å². The molecule has 6 rings (SSSR count). The van der Waals surface area contributed by atoms with Gasteiger partial charge in [-0.3, -0.25) is 4.79 Å². The third-order valence-electron chi connectivity index (χ3n) is 11.0. The van der Waals surface area contributed by atoms with Crippen LogP contribution in [0.25, 0.3) is 0 Å². The average molecular weight is 1020 g/mol. The molecule has 0 saturated heterocycles. The number of anilines is 2. The number of carbonyl (C=O) groups is 1. The van der Waals surface area contributed by atoms with E-state index in [9.17, 15) is 26.3 Å². The molecule has 2 heterocycles. The lowest BCUT2D eigenvalue weighted by Gasteiger charge is -2.24. The molecule has 1 aromatic heterocycles.